The predicted octanol–water partition coefficient (Wildman–Crippen LogP) is 0.972. The van der Waals surface area contributed by atoms with E-state index in [1.165, 1.54) is 29.2 Å². The molecule has 2 heterocycles. The van der Waals surface area contributed by atoms with Crippen molar-refractivity contribution in [1.29, 1.82) is 0 Å². The third-order valence-electron chi connectivity index (χ3n) is 1.66. The second-order valence-corrected chi connectivity index (χ2v) is 5.04. The highest BCUT2D eigenvalue weighted by molar-refractivity contribution is 7.98. The first kappa shape index (κ1) is 11.0. The Morgan fingerprint density at radius 1 is 1.19 bits per heavy atom. The average molecular weight is 254 g/mol. The summed E-state index contributed by atoms with van der Waals surface area (Å²) in [5.74, 6) is 1.45. The topological polar surface area (TPSA) is 117 Å². The van der Waals surface area contributed by atoms with Gasteiger partial charge in [0.25, 0.3) is 0 Å². The number of hydrogen-bond acceptors (Lipinski definition) is 8. The van der Waals surface area contributed by atoms with Crippen LogP contribution < -0.4 is 17.2 Å². The summed E-state index contributed by atoms with van der Waals surface area (Å²) in [6.45, 7) is 0. The van der Waals surface area contributed by atoms with Gasteiger partial charge in [-0.2, -0.15) is 0 Å². The SMILES string of the molecule is Nc1cc(N)nc(SCc2cnc(N)s2)n1. The largest absolute Gasteiger partial charge is 0.383 e. The summed E-state index contributed by atoms with van der Waals surface area (Å²) in [5, 5.41) is 1.12. The van der Waals surface area contributed by atoms with E-state index in [9.17, 15) is 0 Å². The van der Waals surface area contributed by atoms with Crippen LogP contribution in [0.4, 0.5) is 16.8 Å². The van der Waals surface area contributed by atoms with Gasteiger partial charge in [-0.05, 0) is 0 Å². The van der Waals surface area contributed by atoms with E-state index < -0.39 is 0 Å². The Balaban J connectivity index is 2.04. The Bertz CT molecular complexity index is 477. The minimum Gasteiger partial charge on any atom is -0.383 e. The summed E-state index contributed by atoms with van der Waals surface area (Å²) in [6.07, 6.45) is 1.74. The highest BCUT2D eigenvalue weighted by Gasteiger charge is 2.04. The molecule has 0 amide bonds. The first-order valence-electron chi connectivity index (χ1n) is 4.36. The van der Waals surface area contributed by atoms with Gasteiger partial charge in [-0.1, -0.05) is 11.8 Å². The number of thioether (sulfide) groups is 1. The molecule has 0 unspecified atom stereocenters. The van der Waals surface area contributed by atoms with Crippen molar-refractivity contribution < 1.29 is 0 Å². The van der Waals surface area contributed by atoms with E-state index in [2.05, 4.69) is 15.0 Å². The number of nitrogen functional groups attached to an aromatic ring is 3. The maximum atomic E-state index is 5.56. The van der Waals surface area contributed by atoms with Crippen LogP contribution in [0, 0.1) is 0 Å². The molecule has 6 nitrogen and oxygen atoms in total. The Morgan fingerprint density at radius 2 is 1.88 bits per heavy atom. The van der Waals surface area contributed by atoms with Crippen molar-refractivity contribution in [2.45, 2.75) is 10.9 Å². The zero-order chi connectivity index (χ0) is 11.5. The lowest BCUT2D eigenvalue weighted by Gasteiger charge is -2.00. The molecule has 0 aliphatic rings. The highest BCUT2D eigenvalue weighted by atomic mass is 32.2. The van der Waals surface area contributed by atoms with Gasteiger partial charge in [-0.25, -0.2) is 15.0 Å². The fraction of sp³-hybridized carbons (Fsp3) is 0.125. The molecular weight excluding hydrogens is 244 g/mol. The molecule has 0 saturated heterocycles. The van der Waals surface area contributed by atoms with Gasteiger partial charge >= 0.3 is 0 Å². The first-order chi connectivity index (χ1) is 7.63. The van der Waals surface area contributed by atoms with E-state index >= 15 is 0 Å². The first-order valence-corrected chi connectivity index (χ1v) is 6.16. The van der Waals surface area contributed by atoms with E-state index in [0.29, 0.717) is 27.7 Å². The molecule has 0 aromatic carbocycles. The molecule has 2 aromatic heterocycles. The molecule has 2 aromatic rings. The minimum atomic E-state index is 0.374. The zero-order valence-electron chi connectivity index (χ0n) is 8.25. The van der Waals surface area contributed by atoms with Crippen LogP contribution in [0.2, 0.25) is 0 Å². The van der Waals surface area contributed by atoms with Crippen molar-refractivity contribution in [2.24, 2.45) is 0 Å². The standard InChI is InChI=1S/C8H10N6S2/c9-5-1-6(10)14-8(13-5)15-3-4-2-12-7(11)16-4/h1-2H,3H2,(H2,11,12)(H4,9,10,13,14). The Hall–Kier alpha value is -1.54. The molecule has 8 heteroatoms. The quantitative estimate of drug-likeness (QED) is 0.552. The van der Waals surface area contributed by atoms with Gasteiger partial charge in [0.2, 0.25) is 0 Å². The van der Waals surface area contributed by atoms with Crippen LogP contribution in [0.3, 0.4) is 0 Å². The van der Waals surface area contributed by atoms with E-state index in [4.69, 9.17) is 17.2 Å². The fourth-order valence-electron chi connectivity index (χ4n) is 1.05. The number of hydrogen-bond donors (Lipinski definition) is 3. The van der Waals surface area contributed by atoms with Crippen molar-refractivity contribution in [3.8, 4) is 0 Å². The van der Waals surface area contributed by atoms with Gasteiger partial charge in [-0.3, -0.25) is 0 Å². The molecule has 0 fully saturated rings. The second-order valence-electron chi connectivity index (χ2n) is 2.95. The Morgan fingerprint density at radius 3 is 2.44 bits per heavy atom. The molecule has 0 bridgehead atoms. The number of aromatic nitrogens is 3. The number of nitrogens with zero attached hydrogens (tertiary/aromatic N) is 3. The Kier molecular flexibility index (Phi) is 3.11. The normalized spacial score (nSPS) is 10.5. The van der Waals surface area contributed by atoms with Crippen LogP contribution >= 0.6 is 23.1 Å². The molecule has 0 atom stereocenters. The summed E-state index contributed by atoms with van der Waals surface area (Å²) in [6, 6.07) is 1.52. The summed E-state index contributed by atoms with van der Waals surface area (Å²) < 4.78 is 0. The van der Waals surface area contributed by atoms with Crippen molar-refractivity contribution in [3.05, 3.63) is 17.1 Å². The Labute approximate surface area is 100 Å². The van der Waals surface area contributed by atoms with Gasteiger partial charge in [0, 0.05) is 22.9 Å². The smallest absolute Gasteiger partial charge is 0.191 e. The number of anilines is 3. The molecule has 0 radical (unpaired) electrons. The van der Waals surface area contributed by atoms with E-state index in [1.54, 1.807) is 6.20 Å². The van der Waals surface area contributed by atoms with Gasteiger partial charge in [0.15, 0.2) is 10.3 Å². The zero-order valence-corrected chi connectivity index (χ0v) is 9.88. The van der Waals surface area contributed by atoms with Crippen LogP contribution in [0.25, 0.3) is 0 Å². The lowest BCUT2D eigenvalue weighted by atomic mass is 10.5. The molecule has 0 saturated carbocycles. The van der Waals surface area contributed by atoms with Gasteiger partial charge in [0.1, 0.15) is 11.6 Å². The van der Waals surface area contributed by atoms with Gasteiger partial charge in [0.05, 0.1) is 0 Å². The lowest BCUT2D eigenvalue weighted by molar-refractivity contribution is 0.984. The van der Waals surface area contributed by atoms with Crippen molar-refractivity contribution in [1.82, 2.24) is 15.0 Å². The molecule has 84 valence electrons. The van der Waals surface area contributed by atoms with Crippen LogP contribution in [-0.2, 0) is 5.75 Å². The molecule has 16 heavy (non-hydrogen) atoms. The average Bonchev–Trinajstić information content (AvgIpc) is 2.60. The number of nitrogens with two attached hydrogens (primary N) is 3. The summed E-state index contributed by atoms with van der Waals surface area (Å²) in [5.41, 5.74) is 16.6. The van der Waals surface area contributed by atoms with E-state index in [0.717, 1.165) is 4.88 Å². The molecule has 6 N–H and O–H groups in total. The molecular formula is C8H10N6S2. The minimum absolute atomic E-state index is 0.374. The molecule has 2 rings (SSSR count). The van der Waals surface area contributed by atoms with Crippen molar-refractivity contribution >= 4 is 39.9 Å². The third kappa shape index (κ3) is 2.74. The second kappa shape index (κ2) is 4.54. The van der Waals surface area contributed by atoms with Gasteiger partial charge in [-0.15, -0.1) is 11.3 Å². The van der Waals surface area contributed by atoms with Crippen molar-refractivity contribution in [3.63, 3.8) is 0 Å². The van der Waals surface area contributed by atoms with E-state index in [-0.39, 0.29) is 0 Å². The van der Waals surface area contributed by atoms with Crippen LogP contribution in [0.1, 0.15) is 4.88 Å². The molecule has 0 spiro atoms. The number of rotatable bonds is 3. The predicted molar refractivity (Wildman–Crippen MR) is 66.9 cm³/mol. The fourth-order valence-corrected chi connectivity index (χ4v) is 2.63. The highest BCUT2D eigenvalue weighted by Crippen LogP contribution is 2.25. The van der Waals surface area contributed by atoms with Crippen molar-refractivity contribution in [2.75, 3.05) is 17.2 Å². The lowest BCUT2D eigenvalue weighted by Crippen LogP contribution is -1.99. The number of thiazole rings is 1. The molecule has 0 aliphatic carbocycles. The maximum Gasteiger partial charge on any atom is 0.191 e. The van der Waals surface area contributed by atoms with Gasteiger partial charge < -0.3 is 17.2 Å². The summed E-state index contributed by atoms with van der Waals surface area (Å²) in [7, 11) is 0. The monoisotopic (exact) mass is 254 g/mol. The third-order valence-corrected chi connectivity index (χ3v) is 3.57. The van der Waals surface area contributed by atoms with Crippen LogP contribution in [0.15, 0.2) is 17.4 Å². The van der Waals surface area contributed by atoms with Crippen LogP contribution in [0.5, 0.6) is 0 Å². The summed E-state index contributed by atoms with van der Waals surface area (Å²) in [4.78, 5) is 13.1. The van der Waals surface area contributed by atoms with E-state index in [1.807, 2.05) is 0 Å². The molecule has 0 aliphatic heterocycles. The maximum absolute atomic E-state index is 5.56. The summed E-state index contributed by atoms with van der Waals surface area (Å²) >= 11 is 2.89. The van der Waals surface area contributed by atoms with Crippen LogP contribution in [-0.4, -0.2) is 15.0 Å².